The minimum absolute atomic E-state index is 0.114. The number of benzene rings is 1. The van der Waals surface area contributed by atoms with Crippen molar-refractivity contribution in [2.45, 2.75) is 38.5 Å². The van der Waals surface area contributed by atoms with Gasteiger partial charge in [-0.05, 0) is 18.9 Å². The van der Waals surface area contributed by atoms with Crippen molar-refractivity contribution in [3.8, 4) is 5.75 Å². The fraction of sp³-hybridized carbons (Fsp3) is 0.500. The highest BCUT2D eigenvalue weighted by Crippen LogP contribution is 2.45. The van der Waals surface area contributed by atoms with Gasteiger partial charge < -0.3 is 10.1 Å². The van der Waals surface area contributed by atoms with Crippen LogP contribution in [0.2, 0.25) is 0 Å². The highest BCUT2D eigenvalue weighted by Gasteiger charge is 2.51. The Morgan fingerprint density at radius 3 is 2.63 bits per heavy atom. The van der Waals surface area contributed by atoms with Crippen LogP contribution in [0, 0.1) is 15.5 Å². The number of methoxy groups -OCH3 is 1. The lowest BCUT2D eigenvalue weighted by Gasteiger charge is -2.30. The van der Waals surface area contributed by atoms with Crippen LogP contribution >= 0.6 is 0 Å². The molecule has 0 aromatic heterocycles. The molecular formula is C18H21N3O6. The number of imide groups is 1. The van der Waals surface area contributed by atoms with Gasteiger partial charge in [0.25, 0.3) is 5.69 Å². The first kappa shape index (κ1) is 18.8. The monoisotopic (exact) mass is 375 g/mol. The highest BCUT2D eigenvalue weighted by molar-refractivity contribution is 6.09. The Hall–Kier alpha value is -2.97. The first-order chi connectivity index (χ1) is 12.9. The molecule has 1 aliphatic carbocycles. The van der Waals surface area contributed by atoms with Crippen molar-refractivity contribution in [2.75, 3.05) is 19.0 Å². The van der Waals surface area contributed by atoms with Gasteiger partial charge in [-0.3, -0.25) is 29.4 Å². The zero-order valence-corrected chi connectivity index (χ0v) is 15.0. The Morgan fingerprint density at radius 1 is 1.30 bits per heavy atom. The van der Waals surface area contributed by atoms with Crippen LogP contribution in [0.15, 0.2) is 18.2 Å². The molecule has 1 N–H and O–H groups in total. The Labute approximate surface area is 155 Å². The van der Waals surface area contributed by atoms with Crippen LogP contribution in [0.4, 0.5) is 11.4 Å². The van der Waals surface area contributed by atoms with Gasteiger partial charge in [-0.1, -0.05) is 19.3 Å². The zero-order chi connectivity index (χ0) is 19.6. The van der Waals surface area contributed by atoms with E-state index in [-0.39, 0.29) is 35.4 Å². The summed E-state index contributed by atoms with van der Waals surface area (Å²) < 4.78 is 5.10. The summed E-state index contributed by atoms with van der Waals surface area (Å²) in [7, 11) is 1.37. The smallest absolute Gasteiger partial charge is 0.271 e. The molecule has 0 unspecified atom stereocenters. The van der Waals surface area contributed by atoms with Crippen LogP contribution in [0.1, 0.15) is 38.5 Å². The molecule has 2 aliphatic rings. The molecule has 144 valence electrons. The zero-order valence-electron chi connectivity index (χ0n) is 15.0. The minimum Gasteiger partial charge on any atom is -0.495 e. The van der Waals surface area contributed by atoms with E-state index in [1.54, 1.807) is 0 Å². The molecular weight excluding hydrogens is 354 g/mol. The predicted molar refractivity (Wildman–Crippen MR) is 95.1 cm³/mol. The van der Waals surface area contributed by atoms with Gasteiger partial charge in [0, 0.05) is 18.6 Å². The van der Waals surface area contributed by atoms with E-state index in [1.165, 1.54) is 25.3 Å². The number of carbonyl (C=O) groups excluding carboxylic acids is 3. The number of nitrogens with zero attached hydrogens (tertiary/aromatic N) is 2. The number of nitro benzene ring substituents is 1. The number of hydrogen-bond donors (Lipinski definition) is 1. The van der Waals surface area contributed by atoms with Crippen molar-refractivity contribution in [3.63, 3.8) is 0 Å². The van der Waals surface area contributed by atoms with Crippen molar-refractivity contribution in [2.24, 2.45) is 5.41 Å². The second kappa shape index (κ2) is 7.34. The summed E-state index contributed by atoms with van der Waals surface area (Å²) in [4.78, 5) is 48.8. The van der Waals surface area contributed by atoms with Crippen LogP contribution in [0.25, 0.3) is 0 Å². The van der Waals surface area contributed by atoms with Gasteiger partial charge in [-0.2, -0.15) is 0 Å². The summed E-state index contributed by atoms with van der Waals surface area (Å²) in [6.45, 7) is -0.411. The van der Waals surface area contributed by atoms with Crippen molar-refractivity contribution < 1.29 is 24.0 Å². The molecule has 1 aromatic carbocycles. The second-order valence-corrected chi connectivity index (χ2v) is 6.99. The molecule has 1 aromatic rings. The lowest BCUT2D eigenvalue weighted by atomic mass is 9.73. The first-order valence-corrected chi connectivity index (χ1v) is 8.83. The third-order valence-corrected chi connectivity index (χ3v) is 5.27. The molecule has 1 spiro atoms. The molecule has 27 heavy (non-hydrogen) atoms. The molecule has 9 nitrogen and oxygen atoms in total. The lowest BCUT2D eigenvalue weighted by molar-refractivity contribution is -0.384. The van der Waals surface area contributed by atoms with E-state index in [0.717, 1.165) is 24.2 Å². The number of nitrogens with one attached hydrogen (secondary N) is 1. The summed E-state index contributed by atoms with van der Waals surface area (Å²) in [5.41, 5.74) is -0.748. The predicted octanol–water partition coefficient (Wildman–Crippen LogP) is 2.25. The minimum atomic E-state index is -0.654. The normalized spacial score (nSPS) is 18.6. The van der Waals surface area contributed by atoms with Gasteiger partial charge in [-0.15, -0.1) is 0 Å². The summed E-state index contributed by atoms with van der Waals surface area (Å²) in [6.07, 6.45) is 4.37. The number of nitro groups is 1. The van der Waals surface area contributed by atoms with Crippen LogP contribution < -0.4 is 10.1 Å². The molecule has 1 saturated heterocycles. The molecule has 0 atom stereocenters. The summed E-state index contributed by atoms with van der Waals surface area (Å²) in [6, 6.07) is 3.80. The van der Waals surface area contributed by atoms with E-state index in [1.807, 2.05) is 0 Å². The Morgan fingerprint density at radius 2 is 2.00 bits per heavy atom. The third kappa shape index (κ3) is 3.62. The maximum absolute atomic E-state index is 12.8. The van der Waals surface area contributed by atoms with E-state index in [0.29, 0.717) is 12.8 Å². The number of rotatable bonds is 5. The molecule has 3 rings (SSSR count). The van der Waals surface area contributed by atoms with Gasteiger partial charge in [0.05, 0.1) is 23.1 Å². The van der Waals surface area contributed by atoms with E-state index >= 15 is 0 Å². The average molecular weight is 375 g/mol. The number of likely N-dealkylation sites (tertiary alicyclic amines) is 1. The van der Waals surface area contributed by atoms with Crippen LogP contribution in [-0.4, -0.2) is 41.2 Å². The van der Waals surface area contributed by atoms with Crippen molar-refractivity contribution >= 4 is 29.1 Å². The van der Waals surface area contributed by atoms with E-state index in [9.17, 15) is 24.5 Å². The number of ether oxygens (including phenoxy) is 1. The van der Waals surface area contributed by atoms with E-state index < -0.39 is 22.8 Å². The Balaban J connectivity index is 1.73. The van der Waals surface area contributed by atoms with Crippen molar-refractivity contribution in [1.82, 2.24) is 4.90 Å². The Bertz CT molecular complexity index is 800. The number of non-ortho nitro benzene ring substituents is 1. The number of hydrogen-bond acceptors (Lipinski definition) is 6. The molecule has 2 fully saturated rings. The number of anilines is 1. The molecule has 3 amide bonds. The van der Waals surface area contributed by atoms with Gasteiger partial charge >= 0.3 is 0 Å². The summed E-state index contributed by atoms with van der Waals surface area (Å²) in [5, 5.41) is 13.4. The molecule has 9 heteroatoms. The largest absolute Gasteiger partial charge is 0.495 e. The maximum atomic E-state index is 12.8. The summed E-state index contributed by atoms with van der Waals surface area (Å²) in [5.74, 6) is -0.989. The Kier molecular flexibility index (Phi) is 5.11. The average Bonchev–Trinajstić information content (AvgIpc) is 2.86. The quantitative estimate of drug-likeness (QED) is 0.479. The fourth-order valence-corrected chi connectivity index (χ4v) is 3.88. The van der Waals surface area contributed by atoms with Gasteiger partial charge in [0.2, 0.25) is 17.7 Å². The molecule has 0 bridgehead atoms. The van der Waals surface area contributed by atoms with Crippen LogP contribution in [-0.2, 0) is 14.4 Å². The SMILES string of the molecule is COc1ccc([N+](=O)[O-])cc1NC(=O)CN1C(=O)CC2(CCCCC2)C1=O. The third-order valence-electron chi connectivity index (χ3n) is 5.27. The topological polar surface area (TPSA) is 119 Å². The van der Waals surface area contributed by atoms with Crippen molar-refractivity contribution in [3.05, 3.63) is 28.3 Å². The number of amides is 3. The van der Waals surface area contributed by atoms with Crippen LogP contribution in [0.5, 0.6) is 5.75 Å². The van der Waals surface area contributed by atoms with Gasteiger partial charge in [0.1, 0.15) is 12.3 Å². The van der Waals surface area contributed by atoms with E-state index in [4.69, 9.17) is 4.74 Å². The van der Waals surface area contributed by atoms with Crippen LogP contribution in [0.3, 0.4) is 0 Å². The fourth-order valence-electron chi connectivity index (χ4n) is 3.88. The second-order valence-electron chi connectivity index (χ2n) is 6.99. The molecule has 1 saturated carbocycles. The van der Waals surface area contributed by atoms with Gasteiger partial charge in [0.15, 0.2) is 0 Å². The van der Waals surface area contributed by atoms with E-state index in [2.05, 4.69) is 5.32 Å². The first-order valence-electron chi connectivity index (χ1n) is 8.83. The molecule has 1 aliphatic heterocycles. The highest BCUT2D eigenvalue weighted by atomic mass is 16.6. The maximum Gasteiger partial charge on any atom is 0.271 e. The molecule has 0 radical (unpaired) electrons. The lowest BCUT2D eigenvalue weighted by Crippen LogP contribution is -2.41. The number of carbonyl (C=O) groups is 3. The standard InChI is InChI=1S/C18H21N3O6/c1-27-14-6-5-12(21(25)26)9-13(14)19-15(22)11-20-16(23)10-18(17(20)24)7-3-2-4-8-18/h5-6,9H,2-4,7-8,10-11H2,1H3,(H,19,22). The summed E-state index contributed by atoms with van der Waals surface area (Å²) >= 11 is 0. The van der Waals surface area contributed by atoms with Crippen molar-refractivity contribution in [1.29, 1.82) is 0 Å². The molecule has 1 heterocycles. The van der Waals surface area contributed by atoms with Gasteiger partial charge in [-0.25, -0.2) is 0 Å².